The Labute approximate surface area is 167 Å². The highest BCUT2D eigenvalue weighted by Crippen LogP contribution is 2.23. The molecular weight excluding hydrogens is 366 g/mol. The number of hydrogen-bond donors (Lipinski definition) is 1. The molecule has 29 heavy (non-hydrogen) atoms. The third-order valence-electron chi connectivity index (χ3n) is 4.58. The number of H-pyrrole nitrogens is 1. The summed E-state index contributed by atoms with van der Waals surface area (Å²) in [5.74, 6) is 0.528. The van der Waals surface area contributed by atoms with Crippen molar-refractivity contribution in [1.82, 2.24) is 4.98 Å². The summed E-state index contributed by atoms with van der Waals surface area (Å²) in [6.07, 6.45) is 0. The molecule has 1 aromatic heterocycles. The van der Waals surface area contributed by atoms with E-state index in [0.29, 0.717) is 22.6 Å². The first-order valence-electron chi connectivity index (χ1n) is 9.22. The van der Waals surface area contributed by atoms with E-state index in [1.807, 2.05) is 61.5 Å². The van der Waals surface area contributed by atoms with Crippen LogP contribution >= 0.6 is 0 Å². The van der Waals surface area contributed by atoms with Gasteiger partial charge < -0.3 is 14.5 Å². The molecule has 0 bridgehead atoms. The van der Waals surface area contributed by atoms with Crippen LogP contribution in [0, 0.1) is 6.92 Å². The van der Waals surface area contributed by atoms with Gasteiger partial charge in [-0.2, -0.15) is 0 Å². The van der Waals surface area contributed by atoms with Crippen molar-refractivity contribution in [3.8, 4) is 11.5 Å². The Kier molecular flexibility index (Phi) is 5.12. The molecule has 0 saturated carbocycles. The number of ketones is 1. The zero-order valence-electron chi connectivity index (χ0n) is 15.8. The number of rotatable bonds is 6. The van der Waals surface area contributed by atoms with Crippen molar-refractivity contribution in [2.75, 3.05) is 6.61 Å². The standard InChI is InChI=1S/C24H19NO4/c1-16-23(20-9-5-6-10-21(20)25-16)22(26)15-28-24(27)17-11-13-19(14-12-17)29-18-7-3-2-4-8-18/h2-14,25H,15H2,1H3. The quantitative estimate of drug-likeness (QED) is 0.361. The van der Waals surface area contributed by atoms with E-state index in [4.69, 9.17) is 9.47 Å². The summed E-state index contributed by atoms with van der Waals surface area (Å²) in [5.41, 5.74) is 2.55. The molecule has 144 valence electrons. The molecule has 4 aromatic rings. The maximum absolute atomic E-state index is 12.6. The number of Topliss-reactive ketones (excluding diaryl/α,β-unsaturated/α-hetero) is 1. The van der Waals surface area contributed by atoms with Gasteiger partial charge in [0.25, 0.3) is 0 Å². The number of esters is 1. The van der Waals surface area contributed by atoms with Crippen molar-refractivity contribution in [2.24, 2.45) is 0 Å². The second kappa shape index (κ2) is 8.02. The Morgan fingerprint density at radius 3 is 2.24 bits per heavy atom. The maximum Gasteiger partial charge on any atom is 0.338 e. The van der Waals surface area contributed by atoms with Gasteiger partial charge >= 0.3 is 5.97 Å². The Bertz CT molecular complexity index is 1160. The van der Waals surface area contributed by atoms with Crippen LogP contribution in [-0.2, 0) is 4.74 Å². The first-order valence-corrected chi connectivity index (χ1v) is 9.22. The van der Waals surface area contributed by atoms with Gasteiger partial charge in [-0.1, -0.05) is 36.4 Å². The largest absolute Gasteiger partial charge is 0.457 e. The zero-order chi connectivity index (χ0) is 20.2. The van der Waals surface area contributed by atoms with Crippen LogP contribution in [-0.4, -0.2) is 23.3 Å². The highest BCUT2D eigenvalue weighted by Gasteiger charge is 2.18. The fraction of sp³-hybridized carbons (Fsp3) is 0.0833. The predicted molar refractivity (Wildman–Crippen MR) is 111 cm³/mol. The van der Waals surface area contributed by atoms with Crippen LogP contribution in [0.25, 0.3) is 10.9 Å². The molecule has 1 heterocycles. The van der Waals surface area contributed by atoms with Crippen molar-refractivity contribution in [2.45, 2.75) is 6.92 Å². The first-order chi connectivity index (χ1) is 14.1. The number of benzene rings is 3. The van der Waals surface area contributed by atoms with Crippen molar-refractivity contribution in [1.29, 1.82) is 0 Å². The molecule has 0 spiro atoms. The van der Waals surface area contributed by atoms with E-state index in [1.165, 1.54) is 0 Å². The topological polar surface area (TPSA) is 68.4 Å². The van der Waals surface area contributed by atoms with E-state index < -0.39 is 5.97 Å². The van der Waals surface area contributed by atoms with Gasteiger partial charge in [-0.05, 0) is 49.4 Å². The van der Waals surface area contributed by atoms with Gasteiger partial charge in [0.05, 0.1) is 5.56 Å². The minimum absolute atomic E-state index is 0.239. The molecule has 0 unspecified atom stereocenters. The van der Waals surface area contributed by atoms with Gasteiger partial charge in [0.15, 0.2) is 6.61 Å². The van der Waals surface area contributed by atoms with Crippen molar-refractivity contribution in [3.05, 3.63) is 95.7 Å². The summed E-state index contributed by atoms with van der Waals surface area (Å²) < 4.78 is 10.9. The van der Waals surface area contributed by atoms with Gasteiger partial charge in [0.2, 0.25) is 5.78 Å². The molecular formula is C24H19NO4. The fourth-order valence-corrected chi connectivity index (χ4v) is 3.21. The Hall–Kier alpha value is -3.86. The van der Waals surface area contributed by atoms with Crippen molar-refractivity contribution >= 4 is 22.7 Å². The van der Waals surface area contributed by atoms with E-state index >= 15 is 0 Å². The third-order valence-corrected chi connectivity index (χ3v) is 4.58. The van der Waals surface area contributed by atoms with Crippen molar-refractivity contribution < 1.29 is 19.1 Å². The molecule has 0 fully saturated rings. The molecule has 0 aliphatic carbocycles. The van der Waals surface area contributed by atoms with E-state index in [1.54, 1.807) is 24.3 Å². The number of ether oxygens (including phenoxy) is 2. The van der Waals surface area contributed by atoms with Crippen molar-refractivity contribution in [3.63, 3.8) is 0 Å². The lowest BCUT2D eigenvalue weighted by atomic mass is 10.1. The molecule has 0 saturated heterocycles. The smallest absolute Gasteiger partial charge is 0.338 e. The van der Waals surface area contributed by atoms with Crippen LogP contribution in [0.1, 0.15) is 26.4 Å². The van der Waals surface area contributed by atoms with E-state index in [9.17, 15) is 9.59 Å². The van der Waals surface area contributed by atoms with Crippen LogP contribution in [0.4, 0.5) is 0 Å². The number of carbonyl (C=O) groups is 2. The van der Waals surface area contributed by atoms with Crippen LogP contribution in [0.2, 0.25) is 0 Å². The van der Waals surface area contributed by atoms with Crippen LogP contribution in [0.5, 0.6) is 11.5 Å². The number of fused-ring (bicyclic) bond motifs is 1. The molecule has 1 N–H and O–H groups in total. The fourth-order valence-electron chi connectivity index (χ4n) is 3.21. The Balaban J connectivity index is 1.40. The summed E-state index contributed by atoms with van der Waals surface area (Å²) >= 11 is 0. The van der Waals surface area contributed by atoms with E-state index in [-0.39, 0.29) is 12.4 Å². The predicted octanol–water partition coefficient (Wildman–Crippen LogP) is 5.31. The van der Waals surface area contributed by atoms with Crippen LogP contribution in [0.3, 0.4) is 0 Å². The normalized spacial score (nSPS) is 10.7. The Morgan fingerprint density at radius 1 is 0.828 bits per heavy atom. The lowest BCUT2D eigenvalue weighted by Crippen LogP contribution is -2.14. The lowest BCUT2D eigenvalue weighted by molar-refractivity contribution is 0.0475. The zero-order valence-corrected chi connectivity index (χ0v) is 15.8. The van der Waals surface area contributed by atoms with E-state index in [0.717, 1.165) is 16.6 Å². The summed E-state index contributed by atoms with van der Waals surface area (Å²) in [4.78, 5) is 28.1. The number of para-hydroxylation sites is 2. The number of aromatic amines is 1. The van der Waals surface area contributed by atoms with Gasteiger partial charge in [0, 0.05) is 22.2 Å². The lowest BCUT2D eigenvalue weighted by Gasteiger charge is -2.07. The number of carbonyl (C=O) groups excluding carboxylic acids is 2. The highest BCUT2D eigenvalue weighted by atomic mass is 16.5. The number of aryl methyl sites for hydroxylation is 1. The molecule has 0 aliphatic heterocycles. The molecule has 0 radical (unpaired) electrons. The molecule has 4 rings (SSSR count). The highest BCUT2D eigenvalue weighted by molar-refractivity contribution is 6.10. The summed E-state index contributed by atoms with van der Waals surface area (Å²) in [6.45, 7) is 1.52. The minimum Gasteiger partial charge on any atom is -0.457 e. The Morgan fingerprint density at radius 2 is 1.48 bits per heavy atom. The molecule has 0 amide bonds. The van der Waals surface area contributed by atoms with Gasteiger partial charge in [-0.3, -0.25) is 4.79 Å². The summed E-state index contributed by atoms with van der Waals surface area (Å²) in [6, 6.07) is 23.5. The molecule has 0 aliphatic rings. The van der Waals surface area contributed by atoms with Gasteiger partial charge in [-0.25, -0.2) is 4.79 Å². The molecule has 3 aromatic carbocycles. The molecule has 0 atom stereocenters. The number of hydrogen-bond acceptors (Lipinski definition) is 4. The minimum atomic E-state index is -0.554. The molecule has 5 nitrogen and oxygen atoms in total. The van der Waals surface area contributed by atoms with Crippen LogP contribution < -0.4 is 4.74 Å². The number of nitrogens with one attached hydrogen (secondary N) is 1. The second-order valence-corrected chi connectivity index (χ2v) is 6.61. The average molecular weight is 385 g/mol. The summed E-state index contributed by atoms with van der Waals surface area (Å²) in [7, 11) is 0. The summed E-state index contributed by atoms with van der Waals surface area (Å²) in [5, 5.41) is 0.827. The maximum atomic E-state index is 12.6. The van der Waals surface area contributed by atoms with Gasteiger partial charge in [0.1, 0.15) is 11.5 Å². The van der Waals surface area contributed by atoms with Crippen LogP contribution in [0.15, 0.2) is 78.9 Å². The SMILES string of the molecule is Cc1[nH]c2ccccc2c1C(=O)COC(=O)c1ccc(Oc2ccccc2)cc1. The third kappa shape index (κ3) is 4.04. The second-order valence-electron chi connectivity index (χ2n) is 6.61. The number of aromatic nitrogens is 1. The molecule has 5 heteroatoms. The average Bonchev–Trinajstić information content (AvgIpc) is 3.09. The van der Waals surface area contributed by atoms with E-state index in [2.05, 4.69) is 4.98 Å². The first kappa shape index (κ1) is 18.5. The van der Waals surface area contributed by atoms with Gasteiger partial charge in [-0.15, -0.1) is 0 Å². The monoisotopic (exact) mass is 385 g/mol.